The Balaban J connectivity index is 2.39. The highest BCUT2D eigenvalue weighted by Gasteiger charge is 2.18. The van der Waals surface area contributed by atoms with E-state index < -0.39 is 11.9 Å². The summed E-state index contributed by atoms with van der Waals surface area (Å²) in [6.07, 6.45) is 4.62. The first-order valence-corrected chi connectivity index (χ1v) is 6.24. The van der Waals surface area contributed by atoms with Gasteiger partial charge in [-0.05, 0) is 6.42 Å². The number of aromatic amines is 1. The average molecular weight is 268 g/mol. The quantitative estimate of drug-likeness (QED) is 0.688. The number of aliphatic carboxylic acids is 1. The standard InChI is InChI=1S/C12H20N4O3/c1-3-4-9(11(17)18)7-15-12(19)16(2)8-10-13-5-6-14-10/h5-6,9H,3-4,7-8H2,1-2H3,(H,13,14)(H,15,19)(H,17,18). The molecule has 1 aromatic heterocycles. The van der Waals surface area contributed by atoms with E-state index in [0.717, 1.165) is 6.42 Å². The first-order valence-electron chi connectivity index (χ1n) is 6.24. The Kier molecular flexibility index (Phi) is 5.84. The Hall–Kier alpha value is -2.05. The van der Waals surface area contributed by atoms with Gasteiger partial charge in [-0.2, -0.15) is 0 Å². The number of aromatic nitrogens is 2. The Labute approximate surface area is 112 Å². The number of H-pyrrole nitrogens is 1. The molecule has 1 heterocycles. The molecule has 2 amide bonds. The second-order valence-corrected chi connectivity index (χ2v) is 4.40. The van der Waals surface area contributed by atoms with Crippen LogP contribution in [0.4, 0.5) is 4.79 Å². The predicted molar refractivity (Wildman–Crippen MR) is 69.5 cm³/mol. The third-order valence-electron chi connectivity index (χ3n) is 2.77. The fourth-order valence-corrected chi connectivity index (χ4v) is 1.69. The molecule has 7 heteroatoms. The summed E-state index contributed by atoms with van der Waals surface area (Å²) in [5.74, 6) is -0.734. The van der Waals surface area contributed by atoms with Crippen LogP contribution in [0.5, 0.6) is 0 Å². The van der Waals surface area contributed by atoms with Crippen LogP contribution in [0, 0.1) is 5.92 Å². The number of urea groups is 1. The number of carboxylic acid groups (broad SMARTS) is 1. The molecule has 0 aliphatic carbocycles. The summed E-state index contributed by atoms with van der Waals surface area (Å²) in [7, 11) is 1.63. The third-order valence-corrected chi connectivity index (χ3v) is 2.77. The fraction of sp³-hybridized carbons (Fsp3) is 0.583. The van der Waals surface area contributed by atoms with Crippen molar-refractivity contribution in [2.45, 2.75) is 26.3 Å². The molecular formula is C12H20N4O3. The van der Waals surface area contributed by atoms with Gasteiger partial charge in [0, 0.05) is 26.0 Å². The predicted octanol–water partition coefficient (Wildman–Crippen LogP) is 1.05. The number of amides is 2. The van der Waals surface area contributed by atoms with Crippen LogP contribution in [0.25, 0.3) is 0 Å². The molecule has 1 rings (SSSR count). The van der Waals surface area contributed by atoms with Crippen LogP contribution in [-0.2, 0) is 11.3 Å². The second kappa shape index (κ2) is 7.40. The summed E-state index contributed by atoms with van der Waals surface area (Å²) in [4.78, 5) is 31.1. The van der Waals surface area contributed by atoms with Gasteiger partial charge in [-0.1, -0.05) is 13.3 Å². The van der Waals surface area contributed by atoms with E-state index >= 15 is 0 Å². The van der Waals surface area contributed by atoms with Crippen molar-refractivity contribution in [2.24, 2.45) is 5.92 Å². The average Bonchev–Trinajstić information content (AvgIpc) is 2.86. The lowest BCUT2D eigenvalue weighted by atomic mass is 10.0. The number of nitrogens with zero attached hydrogens (tertiary/aromatic N) is 2. The number of carbonyl (C=O) groups is 2. The van der Waals surface area contributed by atoms with E-state index in [1.54, 1.807) is 19.4 Å². The summed E-state index contributed by atoms with van der Waals surface area (Å²) < 4.78 is 0. The summed E-state index contributed by atoms with van der Waals surface area (Å²) in [6.45, 7) is 2.41. The van der Waals surface area contributed by atoms with Crippen LogP contribution < -0.4 is 5.32 Å². The van der Waals surface area contributed by atoms with Crippen molar-refractivity contribution >= 4 is 12.0 Å². The lowest BCUT2D eigenvalue weighted by Crippen LogP contribution is -2.40. The number of carboxylic acids is 1. The van der Waals surface area contributed by atoms with Crippen LogP contribution >= 0.6 is 0 Å². The van der Waals surface area contributed by atoms with E-state index in [9.17, 15) is 9.59 Å². The number of hydrogen-bond acceptors (Lipinski definition) is 3. The maximum atomic E-state index is 11.8. The molecule has 0 radical (unpaired) electrons. The van der Waals surface area contributed by atoms with Gasteiger partial charge in [0.05, 0.1) is 12.5 Å². The summed E-state index contributed by atoms with van der Waals surface area (Å²) in [5, 5.41) is 11.6. The molecule has 0 aromatic carbocycles. The molecule has 1 atom stereocenters. The molecule has 0 saturated heterocycles. The SMILES string of the molecule is CCCC(CNC(=O)N(C)Cc1ncc[nH]1)C(=O)O. The van der Waals surface area contributed by atoms with Gasteiger partial charge in [0.2, 0.25) is 0 Å². The maximum absolute atomic E-state index is 11.8. The monoisotopic (exact) mass is 268 g/mol. The minimum absolute atomic E-state index is 0.143. The zero-order valence-corrected chi connectivity index (χ0v) is 11.2. The van der Waals surface area contributed by atoms with Crippen LogP contribution in [0.3, 0.4) is 0 Å². The van der Waals surface area contributed by atoms with Gasteiger partial charge in [-0.25, -0.2) is 9.78 Å². The number of rotatable bonds is 7. The van der Waals surface area contributed by atoms with E-state index in [2.05, 4.69) is 15.3 Å². The van der Waals surface area contributed by atoms with Gasteiger partial charge in [0.1, 0.15) is 5.82 Å². The smallest absolute Gasteiger partial charge is 0.317 e. The van der Waals surface area contributed by atoms with Gasteiger partial charge in [0.25, 0.3) is 0 Å². The zero-order valence-electron chi connectivity index (χ0n) is 11.2. The van der Waals surface area contributed by atoms with Crippen molar-refractivity contribution in [3.8, 4) is 0 Å². The van der Waals surface area contributed by atoms with E-state index in [1.165, 1.54) is 4.90 Å². The summed E-state index contributed by atoms with van der Waals surface area (Å²) in [5.41, 5.74) is 0. The van der Waals surface area contributed by atoms with Crippen molar-refractivity contribution in [3.63, 3.8) is 0 Å². The summed E-state index contributed by atoms with van der Waals surface area (Å²) >= 11 is 0. The Morgan fingerprint density at radius 2 is 2.32 bits per heavy atom. The second-order valence-electron chi connectivity index (χ2n) is 4.40. The van der Waals surface area contributed by atoms with Gasteiger partial charge < -0.3 is 20.3 Å². The molecule has 106 valence electrons. The maximum Gasteiger partial charge on any atom is 0.317 e. The molecule has 0 spiro atoms. The molecular weight excluding hydrogens is 248 g/mol. The molecule has 19 heavy (non-hydrogen) atoms. The van der Waals surface area contributed by atoms with Gasteiger partial charge in [0.15, 0.2) is 0 Å². The van der Waals surface area contributed by atoms with Crippen molar-refractivity contribution in [1.82, 2.24) is 20.2 Å². The van der Waals surface area contributed by atoms with Crippen molar-refractivity contribution < 1.29 is 14.7 Å². The summed E-state index contributed by atoms with van der Waals surface area (Å²) in [6, 6.07) is -0.307. The first-order chi connectivity index (χ1) is 9.04. The van der Waals surface area contributed by atoms with Crippen LogP contribution in [0.1, 0.15) is 25.6 Å². The molecule has 7 nitrogen and oxygen atoms in total. The molecule has 3 N–H and O–H groups in total. The number of carbonyl (C=O) groups excluding carboxylic acids is 1. The minimum atomic E-state index is -0.879. The van der Waals surface area contributed by atoms with E-state index in [0.29, 0.717) is 18.8 Å². The van der Waals surface area contributed by atoms with Crippen LogP contribution in [0.2, 0.25) is 0 Å². The fourth-order valence-electron chi connectivity index (χ4n) is 1.69. The first kappa shape index (κ1) is 15.0. The highest BCUT2D eigenvalue weighted by molar-refractivity contribution is 5.75. The van der Waals surface area contributed by atoms with Crippen molar-refractivity contribution in [1.29, 1.82) is 0 Å². The number of nitrogens with one attached hydrogen (secondary N) is 2. The van der Waals surface area contributed by atoms with Crippen molar-refractivity contribution in [3.05, 3.63) is 18.2 Å². The molecule has 1 aromatic rings. The topological polar surface area (TPSA) is 98.3 Å². The Morgan fingerprint density at radius 3 is 2.84 bits per heavy atom. The lowest BCUT2D eigenvalue weighted by Gasteiger charge is -2.18. The van der Waals surface area contributed by atoms with Gasteiger partial charge in [-0.15, -0.1) is 0 Å². The molecule has 0 aliphatic rings. The van der Waals surface area contributed by atoms with Crippen LogP contribution in [0.15, 0.2) is 12.4 Å². The molecule has 0 aliphatic heterocycles. The van der Waals surface area contributed by atoms with E-state index in [1.807, 2.05) is 6.92 Å². The third kappa shape index (κ3) is 4.99. The van der Waals surface area contributed by atoms with E-state index in [-0.39, 0.29) is 12.6 Å². The molecule has 0 bridgehead atoms. The van der Waals surface area contributed by atoms with E-state index in [4.69, 9.17) is 5.11 Å². The number of hydrogen-bond donors (Lipinski definition) is 3. The van der Waals surface area contributed by atoms with Crippen molar-refractivity contribution in [2.75, 3.05) is 13.6 Å². The van der Waals surface area contributed by atoms with Crippen LogP contribution in [-0.4, -0.2) is 45.6 Å². The van der Waals surface area contributed by atoms with Gasteiger partial charge in [-0.3, -0.25) is 4.79 Å². The molecule has 0 saturated carbocycles. The molecule has 0 fully saturated rings. The minimum Gasteiger partial charge on any atom is -0.481 e. The zero-order chi connectivity index (χ0) is 14.3. The largest absolute Gasteiger partial charge is 0.481 e. The van der Waals surface area contributed by atoms with Gasteiger partial charge >= 0.3 is 12.0 Å². The highest BCUT2D eigenvalue weighted by Crippen LogP contribution is 2.05. The molecule has 1 unspecified atom stereocenters. The lowest BCUT2D eigenvalue weighted by molar-refractivity contribution is -0.141. The highest BCUT2D eigenvalue weighted by atomic mass is 16.4. The number of imidazole rings is 1. The Bertz CT molecular complexity index is 405. The normalized spacial score (nSPS) is 11.9. The Morgan fingerprint density at radius 1 is 1.58 bits per heavy atom.